The van der Waals surface area contributed by atoms with Crippen molar-refractivity contribution >= 4 is 23.7 Å². The Hall–Kier alpha value is -3.12. The van der Waals surface area contributed by atoms with Crippen molar-refractivity contribution in [2.75, 3.05) is 6.61 Å². The van der Waals surface area contributed by atoms with E-state index < -0.39 is 82.2 Å². The zero-order chi connectivity index (χ0) is 30.1. The Morgan fingerprint density at radius 2 is 1.61 bits per heavy atom. The molecule has 1 aromatic rings. The standard InChI is InChI=1S/C30H36O11/c1-15(31)40-29-14-38-21(29)12-20(34)28(5)23(29)25(39-26(37)17-9-7-6-8-10-17)30(41-16(2)32)13-18(33)11-19(27(30,3)4)22(35)24(28)36/h6-11,18,20-23,25,33-35H,12-14H2,1-5H3/t18-,20-,21?,22-,23+,25+,28-,29+,30-/m1/s1. The Bertz CT molecular complexity index is 1300. The molecule has 3 N–H and O–H groups in total. The number of hydrogen-bond acceptors (Lipinski definition) is 11. The highest BCUT2D eigenvalue weighted by Crippen LogP contribution is 2.64. The number of fused-ring (bicyclic) bond motifs is 5. The Kier molecular flexibility index (Phi) is 6.97. The van der Waals surface area contributed by atoms with Crippen molar-refractivity contribution in [2.24, 2.45) is 16.7 Å². The number of esters is 3. The highest BCUT2D eigenvalue weighted by atomic mass is 16.6. The maximum absolute atomic E-state index is 14.3. The fourth-order valence-electron chi connectivity index (χ4n) is 7.70. The first kappa shape index (κ1) is 29.4. The van der Waals surface area contributed by atoms with Crippen LogP contribution in [0.3, 0.4) is 0 Å². The normalized spacial score (nSPS) is 40.8. The van der Waals surface area contributed by atoms with E-state index in [0.29, 0.717) is 0 Å². The summed E-state index contributed by atoms with van der Waals surface area (Å²) in [7, 11) is 0. The summed E-state index contributed by atoms with van der Waals surface area (Å²) in [6.45, 7) is 6.84. The van der Waals surface area contributed by atoms with Crippen molar-refractivity contribution in [1.29, 1.82) is 0 Å². The summed E-state index contributed by atoms with van der Waals surface area (Å²) >= 11 is 0. The molecule has 3 aliphatic carbocycles. The SMILES string of the molecule is CC(=O)O[C@@]12COC1C[C@@H](O)[C@@]1(C)C(=O)[C@H](O)C3=C[C@@H](O)C[C@@](OC(C)=O)([C@@H](OC(=O)c4ccccc4)[C@@H]12)C3(C)C. The molecule has 41 heavy (non-hydrogen) atoms. The van der Waals surface area contributed by atoms with Crippen molar-refractivity contribution in [3.8, 4) is 0 Å². The van der Waals surface area contributed by atoms with Gasteiger partial charge in [0.1, 0.15) is 12.2 Å². The molecule has 2 saturated carbocycles. The summed E-state index contributed by atoms with van der Waals surface area (Å²) in [5.41, 5.74) is -6.53. The van der Waals surface area contributed by atoms with Crippen LogP contribution in [0, 0.1) is 16.7 Å². The first-order valence-electron chi connectivity index (χ1n) is 13.7. The molecule has 0 radical (unpaired) electrons. The number of carbonyl (C=O) groups is 4. The molecule has 2 bridgehead atoms. The van der Waals surface area contributed by atoms with E-state index in [4.69, 9.17) is 18.9 Å². The minimum atomic E-state index is -1.88. The van der Waals surface area contributed by atoms with Crippen molar-refractivity contribution in [3.63, 3.8) is 0 Å². The second-order valence-electron chi connectivity index (χ2n) is 12.3. The van der Waals surface area contributed by atoms with E-state index in [1.807, 2.05) is 0 Å². The van der Waals surface area contributed by atoms with Gasteiger partial charge in [0.15, 0.2) is 23.1 Å². The molecule has 1 aromatic carbocycles. The molecule has 1 unspecified atom stereocenters. The fraction of sp³-hybridized carbons (Fsp3) is 0.600. The van der Waals surface area contributed by atoms with E-state index in [9.17, 15) is 34.5 Å². The number of benzene rings is 1. The summed E-state index contributed by atoms with van der Waals surface area (Å²) in [5.74, 6) is -4.46. The minimum absolute atomic E-state index is 0.0589. The molecule has 1 saturated heterocycles. The summed E-state index contributed by atoms with van der Waals surface area (Å²) in [6, 6.07) is 8.03. The number of Topliss-reactive ketones (excluding diaryl/α,β-unsaturated/α-hetero) is 1. The highest BCUT2D eigenvalue weighted by Gasteiger charge is 2.78. The summed E-state index contributed by atoms with van der Waals surface area (Å²) in [4.78, 5) is 53.4. The highest BCUT2D eigenvalue weighted by molar-refractivity contribution is 5.94. The van der Waals surface area contributed by atoms with E-state index in [2.05, 4.69) is 0 Å². The Balaban J connectivity index is 1.85. The van der Waals surface area contributed by atoms with Crippen LogP contribution < -0.4 is 0 Å². The third kappa shape index (κ3) is 4.08. The maximum atomic E-state index is 14.3. The number of carbonyl (C=O) groups excluding carboxylic acids is 4. The summed E-state index contributed by atoms with van der Waals surface area (Å²) in [6.07, 6.45) is -6.05. The van der Waals surface area contributed by atoms with Gasteiger partial charge in [-0.05, 0) is 24.6 Å². The molecule has 9 atom stereocenters. The van der Waals surface area contributed by atoms with Crippen LogP contribution in [-0.2, 0) is 33.3 Å². The molecule has 0 aromatic heterocycles. The molecule has 0 amide bonds. The van der Waals surface area contributed by atoms with Gasteiger partial charge in [-0.3, -0.25) is 14.4 Å². The Morgan fingerprint density at radius 1 is 0.976 bits per heavy atom. The first-order valence-corrected chi connectivity index (χ1v) is 13.7. The fourth-order valence-corrected chi connectivity index (χ4v) is 7.70. The van der Waals surface area contributed by atoms with Gasteiger partial charge in [0.2, 0.25) is 0 Å². The van der Waals surface area contributed by atoms with Crippen molar-refractivity contribution in [3.05, 3.63) is 47.5 Å². The van der Waals surface area contributed by atoms with Crippen LogP contribution in [0.15, 0.2) is 42.0 Å². The van der Waals surface area contributed by atoms with Crippen LogP contribution in [0.25, 0.3) is 0 Å². The van der Waals surface area contributed by atoms with Gasteiger partial charge in [-0.2, -0.15) is 0 Å². The number of aliphatic hydroxyl groups is 3. The molecule has 11 heteroatoms. The largest absolute Gasteiger partial charge is 0.454 e. The molecule has 1 heterocycles. The second-order valence-corrected chi connectivity index (χ2v) is 12.3. The van der Waals surface area contributed by atoms with Crippen LogP contribution in [-0.4, -0.2) is 87.3 Å². The summed E-state index contributed by atoms with van der Waals surface area (Å²) in [5, 5.41) is 34.2. The lowest BCUT2D eigenvalue weighted by molar-refractivity contribution is -0.346. The van der Waals surface area contributed by atoms with Crippen LogP contribution in [0.1, 0.15) is 57.8 Å². The molecule has 4 aliphatic rings. The van der Waals surface area contributed by atoms with E-state index in [1.165, 1.54) is 32.1 Å². The average Bonchev–Trinajstić information content (AvgIpc) is 2.89. The second kappa shape index (κ2) is 9.72. The van der Waals surface area contributed by atoms with Crippen LogP contribution in [0.5, 0.6) is 0 Å². The zero-order valence-electron chi connectivity index (χ0n) is 23.7. The van der Waals surface area contributed by atoms with E-state index in [-0.39, 0.29) is 30.6 Å². The molecule has 5 rings (SSSR count). The average molecular weight is 573 g/mol. The van der Waals surface area contributed by atoms with Gasteiger partial charge >= 0.3 is 17.9 Å². The van der Waals surface area contributed by atoms with Crippen molar-refractivity contribution in [1.82, 2.24) is 0 Å². The van der Waals surface area contributed by atoms with Gasteiger partial charge in [-0.25, -0.2) is 4.79 Å². The van der Waals surface area contributed by atoms with Crippen LogP contribution in [0.4, 0.5) is 0 Å². The van der Waals surface area contributed by atoms with Crippen LogP contribution >= 0.6 is 0 Å². The molecular weight excluding hydrogens is 536 g/mol. The van der Waals surface area contributed by atoms with Crippen molar-refractivity contribution < 1.29 is 53.4 Å². The molecule has 0 spiro atoms. The van der Waals surface area contributed by atoms with Gasteiger partial charge in [0, 0.05) is 32.1 Å². The summed E-state index contributed by atoms with van der Waals surface area (Å²) < 4.78 is 24.0. The minimum Gasteiger partial charge on any atom is -0.454 e. The Labute approximate surface area is 237 Å². The van der Waals surface area contributed by atoms with E-state index in [1.54, 1.807) is 32.0 Å². The smallest absolute Gasteiger partial charge is 0.338 e. The van der Waals surface area contributed by atoms with Gasteiger partial charge in [0.25, 0.3) is 0 Å². The number of ketones is 1. The number of ether oxygens (including phenoxy) is 4. The topological polar surface area (TPSA) is 166 Å². The van der Waals surface area contributed by atoms with Gasteiger partial charge in [0.05, 0.1) is 35.7 Å². The molecule has 222 valence electrons. The Morgan fingerprint density at radius 3 is 2.17 bits per heavy atom. The van der Waals surface area contributed by atoms with Gasteiger partial charge < -0.3 is 34.3 Å². The first-order chi connectivity index (χ1) is 19.1. The van der Waals surface area contributed by atoms with Crippen molar-refractivity contribution in [2.45, 2.75) is 89.2 Å². The molecular formula is C30H36O11. The van der Waals surface area contributed by atoms with Crippen LogP contribution in [0.2, 0.25) is 0 Å². The zero-order valence-corrected chi connectivity index (χ0v) is 23.7. The monoisotopic (exact) mass is 572 g/mol. The van der Waals surface area contributed by atoms with E-state index in [0.717, 1.165) is 6.92 Å². The van der Waals surface area contributed by atoms with Gasteiger partial charge in [-0.15, -0.1) is 0 Å². The predicted octanol–water partition coefficient (Wildman–Crippen LogP) is 1.26. The van der Waals surface area contributed by atoms with Gasteiger partial charge in [-0.1, -0.05) is 38.1 Å². The van der Waals surface area contributed by atoms with E-state index >= 15 is 0 Å². The lowest BCUT2D eigenvalue weighted by atomic mass is 9.45. The third-order valence-electron chi connectivity index (χ3n) is 9.76. The number of hydrogen-bond donors (Lipinski definition) is 3. The molecule has 1 aliphatic heterocycles. The third-order valence-corrected chi connectivity index (χ3v) is 9.76. The predicted molar refractivity (Wildman–Crippen MR) is 140 cm³/mol. The number of aliphatic hydroxyl groups excluding tert-OH is 3. The lowest BCUT2D eigenvalue weighted by Crippen LogP contribution is -2.82. The molecule has 11 nitrogen and oxygen atoms in total. The number of rotatable bonds is 4. The maximum Gasteiger partial charge on any atom is 0.338 e. The molecule has 3 fully saturated rings. The lowest BCUT2D eigenvalue weighted by Gasteiger charge is -2.67. The quantitative estimate of drug-likeness (QED) is 0.270.